The monoisotopic (exact) mass is 432 g/mol. The van der Waals surface area contributed by atoms with Crippen LogP contribution in [0.25, 0.3) is 0 Å². The molecule has 0 aliphatic carbocycles. The van der Waals surface area contributed by atoms with Crippen molar-refractivity contribution in [1.82, 2.24) is 4.90 Å². The fraction of sp³-hybridized carbons (Fsp3) is 0.350. The number of likely N-dealkylation sites (N-methyl/N-ethyl adjacent to an activating group) is 1. The van der Waals surface area contributed by atoms with E-state index in [0.717, 1.165) is 34.3 Å². The van der Waals surface area contributed by atoms with Gasteiger partial charge in [-0.25, -0.2) is 0 Å². The predicted molar refractivity (Wildman–Crippen MR) is 105 cm³/mol. The molecule has 1 N–H and O–H groups in total. The average Bonchev–Trinajstić information content (AvgIpc) is 3.15. The van der Waals surface area contributed by atoms with Crippen molar-refractivity contribution in [3.8, 4) is 17.2 Å². The summed E-state index contributed by atoms with van der Waals surface area (Å²) in [6.45, 7) is 1.11. The molecule has 2 aliphatic rings. The molecular weight excluding hydrogens is 412 g/mol. The van der Waals surface area contributed by atoms with Crippen molar-refractivity contribution in [1.29, 1.82) is 0 Å². The zero-order valence-corrected chi connectivity index (χ0v) is 16.8. The van der Waals surface area contributed by atoms with Crippen LogP contribution in [0.15, 0.2) is 40.0 Å². The van der Waals surface area contributed by atoms with Crippen molar-refractivity contribution < 1.29 is 19.4 Å². The van der Waals surface area contributed by atoms with Crippen molar-refractivity contribution in [2.45, 2.75) is 18.9 Å². The number of oxime groups is 1. The Morgan fingerprint density at radius 1 is 1.33 bits per heavy atom. The summed E-state index contributed by atoms with van der Waals surface area (Å²) in [5.74, 6) is 2.10. The number of hydrogen-bond acceptors (Lipinski definition) is 6. The first kappa shape index (κ1) is 18.1. The molecule has 0 spiro atoms. The van der Waals surface area contributed by atoms with Crippen LogP contribution in [0.1, 0.15) is 29.2 Å². The van der Waals surface area contributed by atoms with E-state index in [-0.39, 0.29) is 12.8 Å². The molecular formula is C20H21BrN2O4. The molecule has 27 heavy (non-hydrogen) atoms. The molecule has 0 saturated carbocycles. The van der Waals surface area contributed by atoms with Gasteiger partial charge in [0.25, 0.3) is 0 Å². The maximum absolute atomic E-state index is 9.68. The maximum atomic E-state index is 9.68. The van der Waals surface area contributed by atoms with E-state index >= 15 is 0 Å². The molecule has 1 atom stereocenters. The number of nitrogens with zero attached hydrogens (tertiary/aromatic N) is 2. The van der Waals surface area contributed by atoms with Crippen LogP contribution >= 0.6 is 15.9 Å². The number of hydrogen-bond donors (Lipinski definition) is 1. The van der Waals surface area contributed by atoms with Gasteiger partial charge in [0.15, 0.2) is 11.5 Å². The number of benzene rings is 2. The SMILES string of the molecule is COc1c2c(cc3c1[C@@H](CC(=NO)c1ccc(Br)cc1)N(C)CC3)OCO2. The lowest BCUT2D eigenvalue weighted by atomic mass is 9.87. The summed E-state index contributed by atoms with van der Waals surface area (Å²) in [5.41, 5.74) is 3.79. The van der Waals surface area contributed by atoms with E-state index in [1.54, 1.807) is 7.11 Å². The second-order valence-electron chi connectivity index (χ2n) is 6.72. The first-order chi connectivity index (χ1) is 13.1. The van der Waals surface area contributed by atoms with Crippen molar-refractivity contribution >= 4 is 21.6 Å². The molecule has 0 unspecified atom stereocenters. The molecule has 2 heterocycles. The lowest BCUT2D eigenvalue weighted by Gasteiger charge is -2.36. The highest BCUT2D eigenvalue weighted by Crippen LogP contribution is 2.50. The number of fused-ring (bicyclic) bond motifs is 2. The second-order valence-corrected chi connectivity index (χ2v) is 7.64. The second kappa shape index (κ2) is 7.40. The molecule has 2 aliphatic heterocycles. The summed E-state index contributed by atoms with van der Waals surface area (Å²) in [7, 11) is 3.73. The van der Waals surface area contributed by atoms with Crippen LogP contribution in [-0.2, 0) is 6.42 Å². The standard InChI is InChI=1S/C20H21BrN2O4/c1-23-8-7-13-9-17-19(27-11-26-17)20(25-2)18(13)16(23)10-15(22-24)12-3-5-14(21)6-4-12/h3-6,9,16,24H,7-8,10-11H2,1-2H3/t16-/m1/s1. The summed E-state index contributed by atoms with van der Waals surface area (Å²) in [6, 6.07) is 9.83. The Morgan fingerprint density at radius 2 is 2.11 bits per heavy atom. The molecule has 0 fully saturated rings. The van der Waals surface area contributed by atoms with Gasteiger partial charge in [-0.1, -0.05) is 33.2 Å². The fourth-order valence-corrected chi connectivity index (χ4v) is 4.09. The Hall–Kier alpha value is -2.25. The van der Waals surface area contributed by atoms with Gasteiger partial charge in [-0.05, 0) is 42.8 Å². The highest BCUT2D eigenvalue weighted by Gasteiger charge is 2.34. The zero-order chi connectivity index (χ0) is 19.0. The molecule has 142 valence electrons. The molecule has 0 aromatic heterocycles. The molecule has 6 nitrogen and oxygen atoms in total. The Bertz CT molecular complexity index is 883. The van der Waals surface area contributed by atoms with Crippen molar-refractivity contribution in [2.75, 3.05) is 27.5 Å². The Morgan fingerprint density at radius 3 is 2.81 bits per heavy atom. The molecule has 4 rings (SSSR count). The lowest BCUT2D eigenvalue weighted by Crippen LogP contribution is -2.34. The van der Waals surface area contributed by atoms with E-state index in [2.05, 4.69) is 39.1 Å². The van der Waals surface area contributed by atoms with Gasteiger partial charge in [0, 0.05) is 29.0 Å². The Kier molecular flexibility index (Phi) is 4.97. The number of rotatable bonds is 4. The maximum Gasteiger partial charge on any atom is 0.231 e. The summed E-state index contributed by atoms with van der Waals surface area (Å²) < 4.78 is 17.9. The van der Waals surface area contributed by atoms with Crippen LogP contribution in [0.5, 0.6) is 17.2 Å². The minimum absolute atomic E-state index is 0.00717. The fourth-order valence-electron chi connectivity index (χ4n) is 3.82. The molecule has 2 aromatic carbocycles. The minimum Gasteiger partial charge on any atom is -0.492 e. The predicted octanol–water partition coefficient (Wildman–Crippen LogP) is 3.98. The minimum atomic E-state index is 0.00717. The molecule has 0 saturated heterocycles. The molecule has 2 aromatic rings. The highest BCUT2D eigenvalue weighted by atomic mass is 79.9. The molecule has 0 amide bonds. The average molecular weight is 433 g/mol. The van der Waals surface area contributed by atoms with Crippen LogP contribution in [0, 0.1) is 0 Å². The molecule has 0 radical (unpaired) electrons. The van der Waals surface area contributed by atoms with Crippen LogP contribution in [-0.4, -0.2) is 43.3 Å². The van der Waals surface area contributed by atoms with E-state index in [9.17, 15) is 5.21 Å². The third-order valence-corrected chi connectivity index (χ3v) is 5.76. The smallest absolute Gasteiger partial charge is 0.231 e. The normalized spacial score (nSPS) is 19.1. The van der Waals surface area contributed by atoms with Gasteiger partial charge < -0.3 is 19.4 Å². The molecule has 0 bridgehead atoms. The summed E-state index contributed by atoms with van der Waals surface area (Å²) in [5, 5.41) is 13.3. The van der Waals surface area contributed by atoms with Gasteiger partial charge in [-0.3, -0.25) is 4.90 Å². The third-order valence-electron chi connectivity index (χ3n) is 5.23. The Balaban J connectivity index is 1.75. The van der Waals surface area contributed by atoms with Gasteiger partial charge in [0.1, 0.15) is 0 Å². The van der Waals surface area contributed by atoms with E-state index in [1.807, 2.05) is 24.3 Å². The van der Waals surface area contributed by atoms with Gasteiger partial charge in [0.05, 0.1) is 12.8 Å². The van der Waals surface area contributed by atoms with Crippen LogP contribution in [0.2, 0.25) is 0 Å². The van der Waals surface area contributed by atoms with E-state index in [4.69, 9.17) is 14.2 Å². The number of methoxy groups -OCH3 is 1. The number of halogens is 1. The van der Waals surface area contributed by atoms with E-state index in [0.29, 0.717) is 23.6 Å². The van der Waals surface area contributed by atoms with Gasteiger partial charge in [-0.15, -0.1) is 0 Å². The van der Waals surface area contributed by atoms with Gasteiger partial charge in [0.2, 0.25) is 12.5 Å². The molecule has 7 heteroatoms. The van der Waals surface area contributed by atoms with Crippen LogP contribution in [0.3, 0.4) is 0 Å². The third kappa shape index (κ3) is 3.26. The summed E-state index contributed by atoms with van der Waals surface area (Å²) in [4.78, 5) is 2.26. The van der Waals surface area contributed by atoms with Crippen LogP contribution in [0.4, 0.5) is 0 Å². The first-order valence-corrected chi connectivity index (χ1v) is 9.58. The van der Waals surface area contributed by atoms with Gasteiger partial charge >= 0.3 is 0 Å². The van der Waals surface area contributed by atoms with Crippen LogP contribution < -0.4 is 14.2 Å². The lowest BCUT2D eigenvalue weighted by molar-refractivity contribution is 0.170. The quantitative estimate of drug-likeness (QED) is 0.449. The van der Waals surface area contributed by atoms with E-state index in [1.165, 1.54) is 5.56 Å². The van der Waals surface area contributed by atoms with Crippen molar-refractivity contribution in [2.24, 2.45) is 5.16 Å². The highest BCUT2D eigenvalue weighted by molar-refractivity contribution is 9.10. The van der Waals surface area contributed by atoms with Crippen molar-refractivity contribution in [3.05, 3.63) is 51.5 Å². The van der Waals surface area contributed by atoms with Gasteiger partial charge in [-0.2, -0.15) is 0 Å². The first-order valence-electron chi connectivity index (χ1n) is 8.78. The van der Waals surface area contributed by atoms with E-state index < -0.39 is 0 Å². The summed E-state index contributed by atoms with van der Waals surface area (Å²) in [6.07, 6.45) is 1.46. The topological polar surface area (TPSA) is 63.5 Å². The zero-order valence-electron chi connectivity index (χ0n) is 15.2. The Labute approximate surface area is 166 Å². The van der Waals surface area contributed by atoms with Crippen molar-refractivity contribution in [3.63, 3.8) is 0 Å². The summed E-state index contributed by atoms with van der Waals surface area (Å²) >= 11 is 3.44. The number of ether oxygens (including phenoxy) is 3. The largest absolute Gasteiger partial charge is 0.492 e.